The van der Waals surface area contributed by atoms with Gasteiger partial charge in [-0.1, -0.05) is 12.1 Å². The van der Waals surface area contributed by atoms with Crippen LogP contribution in [0.25, 0.3) is 10.9 Å². The first-order valence-electron chi connectivity index (χ1n) is 7.65. The van der Waals surface area contributed by atoms with Crippen molar-refractivity contribution in [3.63, 3.8) is 0 Å². The summed E-state index contributed by atoms with van der Waals surface area (Å²) in [4.78, 5) is 26.3. The molecule has 1 aliphatic rings. The molecule has 3 heterocycles. The molecule has 2 amide bonds. The first-order chi connectivity index (χ1) is 11.6. The van der Waals surface area contributed by atoms with Crippen LogP contribution in [-0.2, 0) is 16.6 Å². The summed E-state index contributed by atoms with van der Waals surface area (Å²) in [6.07, 6.45) is 3.47. The smallest absolute Gasteiger partial charge is 0.229 e. The van der Waals surface area contributed by atoms with E-state index in [1.165, 1.54) is 0 Å². The van der Waals surface area contributed by atoms with Crippen molar-refractivity contribution in [2.75, 3.05) is 16.8 Å². The highest BCUT2D eigenvalue weighted by atomic mass is 16.2. The summed E-state index contributed by atoms with van der Waals surface area (Å²) in [5.41, 5.74) is 1.49. The Hall–Kier alpha value is -3.16. The fourth-order valence-electron chi connectivity index (χ4n) is 2.97. The van der Waals surface area contributed by atoms with E-state index < -0.39 is 5.92 Å². The minimum absolute atomic E-state index is 0.0985. The van der Waals surface area contributed by atoms with Crippen molar-refractivity contribution in [1.29, 1.82) is 0 Å². The number of fused-ring (bicyclic) bond motifs is 1. The molecule has 0 unspecified atom stereocenters. The molecule has 24 heavy (non-hydrogen) atoms. The largest absolute Gasteiger partial charge is 0.323 e. The third-order valence-corrected chi connectivity index (χ3v) is 4.17. The van der Waals surface area contributed by atoms with Crippen LogP contribution in [0.15, 0.2) is 36.7 Å². The van der Waals surface area contributed by atoms with Crippen LogP contribution < -0.4 is 10.2 Å². The molecule has 122 valence electrons. The van der Waals surface area contributed by atoms with Gasteiger partial charge in [0, 0.05) is 31.6 Å². The number of benzene rings is 1. The molecule has 0 radical (unpaired) electrons. The van der Waals surface area contributed by atoms with Gasteiger partial charge in [-0.25, -0.2) is 0 Å². The number of aromatic amines is 1. The molecular weight excluding hydrogens is 308 g/mol. The van der Waals surface area contributed by atoms with E-state index >= 15 is 0 Å². The highest BCUT2D eigenvalue weighted by Gasteiger charge is 2.36. The average molecular weight is 324 g/mol. The predicted octanol–water partition coefficient (Wildman–Crippen LogP) is 1.29. The zero-order chi connectivity index (χ0) is 16.7. The summed E-state index contributed by atoms with van der Waals surface area (Å²) in [6, 6.07) is 7.61. The van der Waals surface area contributed by atoms with Crippen LogP contribution in [0.2, 0.25) is 0 Å². The number of nitrogens with zero attached hydrogens (tertiary/aromatic N) is 4. The van der Waals surface area contributed by atoms with E-state index in [1.807, 2.05) is 24.3 Å². The van der Waals surface area contributed by atoms with Crippen molar-refractivity contribution in [2.45, 2.75) is 6.42 Å². The maximum Gasteiger partial charge on any atom is 0.229 e. The monoisotopic (exact) mass is 324 g/mol. The number of aryl methyl sites for hydroxylation is 1. The number of anilines is 2. The lowest BCUT2D eigenvalue weighted by atomic mass is 10.1. The summed E-state index contributed by atoms with van der Waals surface area (Å²) >= 11 is 0. The quantitative estimate of drug-likeness (QED) is 0.759. The Morgan fingerprint density at radius 3 is 3.00 bits per heavy atom. The fraction of sp³-hybridized carbons (Fsp3) is 0.250. The molecular formula is C16H16N6O2. The van der Waals surface area contributed by atoms with Crippen LogP contribution in [0.3, 0.4) is 0 Å². The zero-order valence-corrected chi connectivity index (χ0v) is 13.1. The van der Waals surface area contributed by atoms with Gasteiger partial charge in [0.25, 0.3) is 0 Å². The van der Waals surface area contributed by atoms with Crippen LogP contribution in [0, 0.1) is 5.92 Å². The number of para-hydroxylation sites is 1. The number of carbonyl (C=O) groups is 2. The van der Waals surface area contributed by atoms with Crippen LogP contribution >= 0.6 is 0 Å². The van der Waals surface area contributed by atoms with Crippen LogP contribution in [0.5, 0.6) is 0 Å². The second kappa shape index (κ2) is 5.48. The number of rotatable bonds is 3. The summed E-state index contributed by atoms with van der Waals surface area (Å²) in [5.74, 6) is -0.113. The predicted molar refractivity (Wildman–Crippen MR) is 88.4 cm³/mol. The number of aromatic nitrogens is 4. The normalized spacial score (nSPS) is 17.6. The second-order valence-corrected chi connectivity index (χ2v) is 5.89. The third kappa shape index (κ3) is 2.41. The number of carbonyl (C=O) groups excluding carboxylic acids is 2. The molecule has 1 atom stereocenters. The lowest BCUT2D eigenvalue weighted by molar-refractivity contribution is -0.122. The molecule has 8 nitrogen and oxygen atoms in total. The molecule has 8 heteroatoms. The lowest BCUT2D eigenvalue weighted by Gasteiger charge is -2.14. The van der Waals surface area contributed by atoms with E-state index in [0.717, 1.165) is 10.9 Å². The van der Waals surface area contributed by atoms with Crippen LogP contribution in [0.4, 0.5) is 11.5 Å². The van der Waals surface area contributed by atoms with Gasteiger partial charge in [-0.05, 0) is 12.1 Å². The molecule has 3 aromatic rings. The first-order valence-corrected chi connectivity index (χ1v) is 7.65. The zero-order valence-electron chi connectivity index (χ0n) is 13.1. The number of H-pyrrole nitrogens is 1. The Kier molecular flexibility index (Phi) is 3.30. The second-order valence-electron chi connectivity index (χ2n) is 5.89. The van der Waals surface area contributed by atoms with E-state index in [1.54, 1.807) is 29.0 Å². The molecule has 0 aliphatic carbocycles. The highest BCUT2D eigenvalue weighted by Crippen LogP contribution is 2.30. The topological polar surface area (TPSA) is 95.9 Å². The minimum Gasteiger partial charge on any atom is -0.323 e. The number of hydrogen-bond donors (Lipinski definition) is 2. The maximum atomic E-state index is 12.4. The average Bonchev–Trinajstić information content (AvgIpc) is 3.26. The van der Waals surface area contributed by atoms with Gasteiger partial charge < -0.3 is 5.32 Å². The van der Waals surface area contributed by atoms with E-state index in [0.29, 0.717) is 18.1 Å². The van der Waals surface area contributed by atoms with E-state index in [-0.39, 0.29) is 18.2 Å². The lowest BCUT2D eigenvalue weighted by Crippen LogP contribution is -2.28. The van der Waals surface area contributed by atoms with Gasteiger partial charge in [-0.3, -0.25) is 24.3 Å². The summed E-state index contributed by atoms with van der Waals surface area (Å²) in [6.45, 7) is 0.319. The van der Waals surface area contributed by atoms with Crippen molar-refractivity contribution in [2.24, 2.45) is 13.0 Å². The maximum absolute atomic E-state index is 12.4. The van der Waals surface area contributed by atoms with Gasteiger partial charge in [0.1, 0.15) is 0 Å². The van der Waals surface area contributed by atoms with E-state index in [2.05, 4.69) is 20.6 Å². The minimum atomic E-state index is -0.409. The molecule has 2 aromatic heterocycles. The number of nitrogens with one attached hydrogen (secondary N) is 2. The Morgan fingerprint density at radius 2 is 2.21 bits per heavy atom. The third-order valence-electron chi connectivity index (χ3n) is 4.17. The van der Waals surface area contributed by atoms with Crippen molar-refractivity contribution in [3.05, 3.63) is 36.7 Å². The molecule has 1 aromatic carbocycles. The SMILES string of the molecule is Cn1cc(NC(=O)[C@@H]2CC(=O)N(c3n[nH]c4ccccc34)C2)cn1. The molecule has 1 aliphatic heterocycles. The first kappa shape index (κ1) is 14.4. The van der Waals surface area contributed by atoms with Gasteiger partial charge in [-0.2, -0.15) is 10.2 Å². The Bertz CT molecular complexity index is 927. The summed E-state index contributed by atoms with van der Waals surface area (Å²) < 4.78 is 1.61. The van der Waals surface area contributed by atoms with Gasteiger partial charge in [0.15, 0.2) is 5.82 Å². The highest BCUT2D eigenvalue weighted by molar-refractivity contribution is 6.06. The number of hydrogen-bond acceptors (Lipinski definition) is 4. The van der Waals surface area contributed by atoms with Crippen molar-refractivity contribution in [1.82, 2.24) is 20.0 Å². The van der Waals surface area contributed by atoms with E-state index in [4.69, 9.17) is 0 Å². The fourth-order valence-corrected chi connectivity index (χ4v) is 2.97. The van der Waals surface area contributed by atoms with Gasteiger partial charge in [-0.15, -0.1) is 0 Å². The van der Waals surface area contributed by atoms with Gasteiger partial charge >= 0.3 is 0 Å². The Labute approximate surface area is 137 Å². The van der Waals surface area contributed by atoms with Gasteiger partial charge in [0.05, 0.1) is 23.3 Å². The van der Waals surface area contributed by atoms with Gasteiger partial charge in [0.2, 0.25) is 11.8 Å². The Morgan fingerprint density at radius 1 is 1.38 bits per heavy atom. The molecule has 0 saturated carbocycles. The van der Waals surface area contributed by atoms with Crippen molar-refractivity contribution in [3.8, 4) is 0 Å². The van der Waals surface area contributed by atoms with Crippen molar-refractivity contribution < 1.29 is 9.59 Å². The van der Waals surface area contributed by atoms with Crippen LogP contribution in [0.1, 0.15) is 6.42 Å². The molecule has 2 N–H and O–H groups in total. The molecule has 1 saturated heterocycles. The molecule has 4 rings (SSSR count). The van der Waals surface area contributed by atoms with E-state index in [9.17, 15) is 9.59 Å². The number of amides is 2. The standard InChI is InChI=1S/C16H16N6O2/c1-21-9-11(7-17-21)18-16(24)10-6-14(23)22(8-10)15-12-4-2-3-5-13(12)19-20-15/h2-5,7,9-10H,6,8H2,1H3,(H,18,24)(H,19,20)/t10-/m1/s1. The molecule has 0 spiro atoms. The summed E-state index contributed by atoms with van der Waals surface area (Å²) in [5, 5.41) is 14.8. The molecule has 1 fully saturated rings. The molecule has 0 bridgehead atoms. The van der Waals surface area contributed by atoms with Crippen molar-refractivity contribution >= 4 is 34.2 Å². The summed E-state index contributed by atoms with van der Waals surface area (Å²) in [7, 11) is 1.78. The van der Waals surface area contributed by atoms with Crippen LogP contribution in [-0.4, -0.2) is 38.3 Å². The Balaban J connectivity index is 1.53.